The Balaban J connectivity index is 1.77. The van der Waals surface area contributed by atoms with Gasteiger partial charge in [0.25, 0.3) is 0 Å². The molecule has 0 aromatic heterocycles. The zero-order valence-electron chi connectivity index (χ0n) is 16.3. The van der Waals surface area contributed by atoms with Crippen molar-refractivity contribution in [1.29, 1.82) is 0 Å². The average Bonchev–Trinajstić information content (AvgIpc) is 3.22. The first-order valence-corrected chi connectivity index (χ1v) is 12.5. The molecule has 1 spiro atoms. The Hall–Kier alpha value is -2.61. The van der Waals surface area contributed by atoms with Crippen LogP contribution in [0, 0.1) is 0 Å². The second-order valence-electron chi connectivity index (χ2n) is 8.09. The van der Waals surface area contributed by atoms with Gasteiger partial charge in [-0.3, -0.25) is 0 Å². The minimum atomic E-state index is -3.83. The van der Waals surface area contributed by atoms with Crippen molar-refractivity contribution < 1.29 is 14.2 Å². The van der Waals surface area contributed by atoms with Gasteiger partial charge >= 0.3 is 170 Å². The molecule has 0 bridgehead atoms. The van der Waals surface area contributed by atoms with E-state index in [1.165, 1.54) is 0 Å². The van der Waals surface area contributed by atoms with Crippen LogP contribution in [0.2, 0.25) is 0 Å². The molecule has 4 heteroatoms. The summed E-state index contributed by atoms with van der Waals surface area (Å²) in [7, 11) is -3.83. The van der Waals surface area contributed by atoms with E-state index >= 15 is 0 Å². The SMILES string of the molecule is CCCCC(O)P12(Oc3cccc4cccc1c34)Oc1cccc3cccc2c13. The summed E-state index contributed by atoms with van der Waals surface area (Å²) in [6, 6.07) is 24.8. The van der Waals surface area contributed by atoms with E-state index < -0.39 is 12.9 Å². The molecule has 2 aliphatic heterocycles. The molecule has 1 N–H and O–H groups in total. The van der Waals surface area contributed by atoms with E-state index in [9.17, 15) is 5.11 Å². The van der Waals surface area contributed by atoms with Crippen LogP contribution in [0.5, 0.6) is 11.5 Å². The number of benzene rings is 4. The predicted molar refractivity (Wildman–Crippen MR) is 121 cm³/mol. The molecule has 0 saturated heterocycles. The molecule has 0 saturated carbocycles. The van der Waals surface area contributed by atoms with Gasteiger partial charge in [-0.25, -0.2) is 0 Å². The maximum absolute atomic E-state index is 11.9. The Morgan fingerprint density at radius 3 is 1.72 bits per heavy atom. The number of unbranched alkanes of at least 4 members (excludes halogenated alkanes) is 1. The van der Waals surface area contributed by atoms with Crippen molar-refractivity contribution in [2.45, 2.75) is 32.0 Å². The predicted octanol–water partition coefficient (Wildman–Crippen LogP) is 5.62. The van der Waals surface area contributed by atoms with Gasteiger partial charge in [-0.1, -0.05) is 0 Å². The zero-order valence-corrected chi connectivity index (χ0v) is 17.2. The Morgan fingerprint density at radius 1 is 0.759 bits per heavy atom. The number of hydrogen-bond acceptors (Lipinski definition) is 3. The Morgan fingerprint density at radius 2 is 1.24 bits per heavy atom. The van der Waals surface area contributed by atoms with Crippen LogP contribution in [-0.4, -0.2) is 11.0 Å². The monoisotopic (exact) mass is 402 g/mol. The Labute approximate surface area is 170 Å². The number of aliphatic hydroxyl groups excluding tert-OH is 1. The summed E-state index contributed by atoms with van der Waals surface area (Å²) in [6.45, 7) is 2.15. The van der Waals surface area contributed by atoms with Crippen LogP contribution in [0.25, 0.3) is 21.5 Å². The number of rotatable bonds is 4. The standard InChI is InChI=1S/C25H23O3P/c1-2-3-16-23(26)29(21-14-6-10-17-8-4-12-19(27-29)24(17)21)22-15-7-11-18-9-5-13-20(28-29)25(18)22/h4-15,23,26H,2-3,16H2,1H3. The van der Waals surface area contributed by atoms with Gasteiger partial charge in [-0.15, -0.1) is 0 Å². The number of fused-ring (bicyclic) bond motifs is 2. The summed E-state index contributed by atoms with van der Waals surface area (Å²) in [6.07, 6.45) is 2.57. The van der Waals surface area contributed by atoms with E-state index in [4.69, 9.17) is 9.05 Å². The zero-order chi connectivity index (χ0) is 19.7. The third kappa shape index (κ3) is 1.91. The van der Waals surface area contributed by atoms with Crippen molar-refractivity contribution >= 4 is 39.2 Å². The first-order valence-electron chi connectivity index (χ1n) is 10.3. The summed E-state index contributed by atoms with van der Waals surface area (Å²) in [4.78, 5) is 0. The van der Waals surface area contributed by atoms with Crippen molar-refractivity contribution in [3.63, 3.8) is 0 Å². The molecule has 0 aliphatic carbocycles. The van der Waals surface area contributed by atoms with E-state index in [-0.39, 0.29) is 0 Å². The minimum absolute atomic E-state index is 0.642. The Bertz CT molecular complexity index is 1190. The molecule has 2 aliphatic rings. The van der Waals surface area contributed by atoms with Crippen molar-refractivity contribution in [3.8, 4) is 11.5 Å². The molecular weight excluding hydrogens is 379 g/mol. The van der Waals surface area contributed by atoms with Crippen LogP contribution in [0.15, 0.2) is 72.8 Å². The maximum atomic E-state index is 11.9. The van der Waals surface area contributed by atoms with Gasteiger partial charge in [0.1, 0.15) is 0 Å². The van der Waals surface area contributed by atoms with Crippen molar-refractivity contribution in [3.05, 3.63) is 72.8 Å². The van der Waals surface area contributed by atoms with Crippen LogP contribution < -0.4 is 19.7 Å². The second-order valence-corrected chi connectivity index (χ2v) is 12.1. The van der Waals surface area contributed by atoms with E-state index in [2.05, 4.69) is 55.5 Å². The number of aliphatic hydroxyl groups is 1. The van der Waals surface area contributed by atoms with Crippen LogP contribution in [0.3, 0.4) is 0 Å². The van der Waals surface area contributed by atoms with Gasteiger partial charge < -0.3 is 0 Å². The van der Waals surface area contributed by atoms with E-state index in [1.54, 1.807) is 0 Å². The topological polar surface area (TPSA) is 38.7 Å². The summed E-state index contributed by atoms with van der Waals surface area (Å²) in [5.41, 5.74) is 0. The molecule has 146 valence electrons. The summed E-state index contributed by atoms with van der Waals surface area (Å²) in [5, 5.41) is 18.3. The average molecular weight is 402 g/mol. The van der Waals surface area contributed by atoms with Gasteiger partial charge in [-0.05, 0) is 0 Å². The summed E-state index contributed by atoms with van der Waals surface area (Å²) in [5.74, 6) is 0.907. The summed E-state index contributed by atoms with van der Waals surface area (Å²) >= 11 is 0. The van der Waals surface area contributed by atoms with E-state index in [1.807, 2.05) is 24.3 Å². The molecule has 2 heterocycles. The Kier molecular flexibility index (Phi) is 3.40. The van der Waals surface area contributed by atoms with Gasteiger partial charge in [0.2, 0.25) is 0 Å². The van der Waals surface area contributed by atoms with Crippen LogP contribution in [0.1, 0.15) is 26.2 Å². The van der Waals surface area contributed by atoms with Crippen molar-refractivity contribution in [2.24, 2.45) is 0 Å². The fourth-order valence-electron chi connectivity index (χ4n) is 5.23. The molecule has 4 aromatic rings. The third-order valence-corrected chi connectivity index (χ3v) is 11.5. The van der Waals surface area contributed by atoms with Crippen molar-refractivity contribution in [2.75, 3.05) is 0 Å². The number of hydrogen-bond donors (Lipinski definition) is 1. The molecule has 0 amide bonds. The van der Waals surface area contributed by atoms with E-state index in [0.29, 0.717) is 6.42 Å². The van der Waals surface area contributed by atoms with Gasteiger partial charge in [-0.2, -0.15) is 0 Å². The molecule has 1 atom stereocenters. The fourth-order valence-corrected chi connectivity index (χ4v) is 10.6. The summed E-state index contributed by atoms with van der Waals surface area (Å²) < 4.78 is 13.9. The fraction of sp³-hybridized carbons (Fsp3) is 0.200. The molecule has 3 nitrogen and oxygen atoms in total. The molecule has 29 heavy (non-hydrogen) atoms. The first kappa shape index (κ1) is 17.3. The van der Waals surface area contributed by atoms with Crippen LogP contribution >= 0.6 is 7.06 Å². The second kappa shape index (κ2) is 5.72. The molecular formula is C25H23O3P. The van der Waals surface area contributed by atoms with Gasteiger partial charge in [0.15, 0.2) is 0 Å². The van der Waals surface area contributed by atoms with Crippen LogP contribution in [0.4, 0.5) is 0 Å². The van der Waals surface area contributed by atoms with Crippen molar-refractivity contribution in [1.82, 2.24) is 0 Å². The van der Waals surface area contributed by atoms with Gasteiger partial charge in [0, 0.05) is 0 Å². The van der Waals surface area contributed by atoms with Crippen LogP contribution in [-0.2, 0) is 0 Å². The quantitative estimate of drug-likeness (QED) is 0.450. The first-order chi connectivity index (χ1) is 14.2. The van der Waals surface area contributed by atoms with E-state index in [0.717, 1.165) is 56.5 Å². The molecule has 1 unspecified atom stereocenters. The van der Waals surface area contributed by atoms with Gasteiger partial charge in [0.05, 0.1) is 0 Å². The molecule has 0 radical (unpaired) electrons. The molecule has 0 fully saturated rings. The normalized spacial score (nSPS) is 19.6. The molecule has 6 rings (SSSR count). The third-order valence-electron chi connectivity index (χ3n) is 6.52. The molecule has 4 aromatic carbocycles.